The second kappa shape index (κ2) is 3.22. The summed E-state index contributed by atoms with van der Waals surface area (Å²) in [7, 11) is -1.64. The van der Waals surface area contributed by atoms with Crippen molar-refractivity contribution in [2.24, 2.45) is 0 Å². The SMILES string of the molecule is O=Cc1cnc(B(O)O)cn1. The predicted molar refractivity (Wildman–Crippen MR) is 37.2 cm³/mol. The standard InChI is InChI=1S/C5H5BN2O3/c9-3-4-1-8-5(2-7-4)6(10)11/h1-3,10-11H. The molecule has 1 rings (SSSR count). The molecule has 0 atom stereocenters. The number of nitrogens with zero attached hydrogens (tertiary/aromatic N) is 2. The maximum absolute atomic E-state index is 10.1. The fraction of sp³-hybridized carbons (Fsp3) is 0. The van der Waals surface area contributed by atoms with Crippen LogP contribution < -0.4 is 5.59 Å². The van der Waals surface area contributed by atoms with E-state index in [1.165, 1.54) is 6.20 Å². The maximum Gasteiger partial charge on any atom is 0.509 e. The van der Waals surface area contributed by atoms with E-state index in [4.69, 9.17) is 10.0 Å². The van der Waals surface area contributed by atoms with Gasteiger partial charge >= 0.3 is 7.12 Å². The first-order chi connectivity index (χ1) is 5.24. The van der Waals surface area contributed by atoms with Crippen LogP contribution in [0.4, 0.5) is 0 Å². The molecule has 5 nitrogen and oxygen atoms in total. The van der Waals surface area contributed by atoms with Gasteiger partial charge in [0.1, 0.15) is 5.69 Å². The van der Waals surface area contributed by atoms with E-state index in [1.807, 2.05) is 0 Å². The van der Waals surface area contributed by atoms with Gasteiger partial charge in [-0.2, -0.15) is 0 Å². The van der Waals surface area contributed by atoms with Crippen LogP contribution in [0.1, 0.15) is 10.5 Å². The fourth-order valence-electron chi connectivity index (χ4n) is 0.542. The van der Waals surface area contributed by atoms with Crippen LogP contribution in [-0.2, 0) is 0 Å². The summed E-state index contributed by atoms with van der Waals surface area (Å²) in [6.45, 7) is 0. The number of hydrogen-bond donors (Lipinski definition) is 2. The summed E-state index contributed by atoms with van der Waals surface area (Å²) in [6, 6.07) is 0. The highest BCUT2D eigenvalue weighted by Gasteiger charge is 2.12. The Morgan fingerprint density at radius 3 is 2.45 bits per heavy atom. The Labute approximate surface area is 62.9 Å². The number of rotatable bonds is 2. The van der Waals surface area contributed by atoms with Gasteiger partial charge in [-0.3, -0.25) is 14.8 Å². The van der Waals surface area contributed by atoms with Crippen molar-refractivity contribution in [1.29, 1.82) is 0 Å². The molecule has 1 heterocycles. The van der Waals surface area contributed by atoms with Gasteiger partial charge in [-0.1, -0.05) is 0 Å². The van der Waals surface area contributed by atoms with Crippen LogP contribution in [0, 0.1) is 0 Å². The lowest BCUT2D eigenvalue weighted by molar-refractivity contribution is 0.111. The molecule has 1 aromatic heterocycles. The summed E-state index contributed by atoms with van der Waals surface area (Å²) >= 11 is 0. The molecule has 0 aliphatic carbocycles. The van der Waals surface area contributed by atoms with Gasteiger partial charge in [0.2, 0.25) is 0 Å². The summed E-state index contributed by atoms with van der Waals surface area (Å²) < 4.78 is 0. The second-order valence-electron chi connectivity index (χ2n) is 1.86. The molecule has 0 saturated carbocycles. The highest BCUT2D eigenvalue weighted by Crippen LogP contribution is 1.81. The molecule has 0 spiro atoms. The molecule has 0 unspecified atom stereocenters. The van der Waals surface area contributed by atoms with Crippen molar-refractivity contribution in [2.75, 3.05) is 0 Å². The minimum atomic E-state index is -1.64. The molecular weight excluding hydrogens is 147 g/mol. The minimum absolute atomic E-state index is 0.0237. The molecule has 0 fully saturated rings. The van der Waals surface area contributed by atoms with E-state index < -0.39 is 7.12 Å². The smallest absolute Gasteiger partial charge is 0.422 e. The number of carbonyl (C=O) groups is 1. The molecule has 0 saturated heterocycles. The fourth-order valence-corrected chi connectivity index (χ4v) is 0.542. The molecule has 0 aliphatic heterocycles. The van der Waals surface area contributed by atoms with Crippen LogP contribution in [0.3, 0.4) is 0 Å². The van der Waals surface area contributed by atoms with Crippen LogP contribution in [0.15, 0.2) is 12.4 Å². The van der Waals surface area contributed by atoms with Gasteiger partial charge in [-0.05, 0) is 0 Å². The summed E-state index contributed by atoms with van der Waals surface area (Å²) in [5.41, 5.74) is 0.185. The van der Waals surface area contributed by atoms with Crippen LogP contribution in [0.25, 0.3) is 0 Å². The average molecular weight is 152 g/mol. The van der Waals surface area contributed by atoms with Crippen LogP contribution in [-0.4, -0.2) is 33.4 Å². The van der Waals surface area contributed by atoms with Gasteiger partial charge in [0.25, 0.3) is 0 Å². The molecule has 56 valence electrons. The van der Waals surface area contributed by atoms with Gasteiger partial charge in [0.05, 0.1) is 11.8 Å². The lowest BCUT2D eigenvalue weighted by Crippen LogP contribution is -2.33. The molecule has 11 heavy (non-hydrogen) atoms. The molecule has 1 aromatic rings. The largest absolute Gasteiger partial charge is 0.509 e. The van der Waals surface area contributed by atoms with Crippen molar-refractivity contribution in [3.05, 3.63) is 18.1 Å². The van der Waals surface area contributed by atoms with Crippen molar-refractivity contribution in [1.82, 2.24) is 9.97 Å². The van der Waals surface area contributed by atoms with Gasteiger partial charge in [0.15, 0.2) is 6.29 Å². The summed E-state index contributed by atoms with van der Waals surface area (Å²) in [5.74, 6) is 0. The number of aromatic nitrogens is 2. The molecule has 0 bridgehead atoms. The van der Waals surface area contributed by atoms with E-state index >= 15 is 0 Å². The monoisotopic (exact) mass is 152 g/mol. The summed E-state index contributed by atoms with van der Waals surface area (Å²) in [6.07, 6.45) is 2.83. The Hall–Kier alpha value is -1.27. The molecule has 6 heteroatoms. The Kier molecular flexibility index (Phi) is 2.30. The predicted octanol–water partition coefficient (Wildman–Crippen LogP) is -2.03. The average Bonchev–Trinajstić information content (AvgIpc) is 2.05. The Morgan fingerprint density at radius 2 is 2.09 bits per heavy atom. The number of aldehydes is 1. The zero-order valence-corrected chi connectivity index (χ0v) is 5.51. The van der Waals surface area contributed by atoms with E-state index in [0.29, 0.717) is 6.29 Å². The highest BCUT2D eigenvalue weighted by molar-refractivity contribution is 6.57. The van der Waals surface area contributed by atoms with E-state index in [9.17, 15) is 4.79 Å². The van der Waals surface area contributed by atoms with E-state index in [0.717, 1.165) is 6.20 Å². The lowest BCUT2D eigenvalue weighted by atomic mass is 9.87. The van der Waals surface area contributed by atoms with Gasteiger partial charge < -0.3 is 10.0 Å². The molecule has 0 aromatic carbocycles. The Morgan fingerprint density at radius 1 is 1.36 bits per heavy atom. The third-order valence-electron chi connectivity index (χ3n) is 1.08. The first-order valence-corrected chi connectivity index (χ1v) is 2.87. The van der Waals surface area contributed by atoms with Gasteiger partial charge in [-0.25, -0.2) is 0 Å². The third-order valence-corrected chi connectivity index (χ3v) is 1.08. The minimum Gasteiger partial charge on any atom is -0.422 e. The van der Waals surface area contributed by atoms with Crippen LogP contribution in [0.5, 0.6) is 0 Å². The van der Waals surface area contributed by atoms with E-state index in [1.54, 1.807) is 0 Å². The van der Waals surface area contributed by atoms with Crippen molar-refractivity contribution in [2.45, 2.75) is 0 Å². The van der Waals surface area contributed by atoms with Crippen molar-refractivity contribution in [3.63, 3.8) is 0 Å². The van der Waals surface area contributed by atoms with E-state index in [2.05, 4.69) is 9.97 Å². The zero-order valence-electron chi connectivity index (χ0n) is 5.51. The lowest BCUT2D eigenvalue weighted by Gasteiger charge is -1.95. The molecular formula is C5H5BN2O3. The van der Waals surface area contributed by atoms with Crippen LogP contribution >= 0.6 is 0 Å². The van der Waals surface area contributed by atoms with E-state index in [-0.39, 0.29) is 11.3 Å². The van der Waals surface area contributed by atoms with Crippen molar-refractivity contribution >= 4 is 19.0 Å². The first kappa shape index (κ1) is 7.84. The van der Waals surface area contributed by atoms with Crippen molar-refractivity contribution < 1.29 is 14.8 Å². The topological polar surface area (TPSA) is 83.3 Å². The zero-order chi connectivity index (χ0) is 8.27. The third kappa shape index (κ3) is 1.82. The first-order valence-electron chi connectivity index (χ1n) is 2.87. The maximum atomic E-state index is 10.1. The number of hydrogen-bond acceptors (Lipinski definition) is 5. The van der Waals surface area contributed by atoms with Crippen LogP contribution in [0.2, 0.25) is 0 Å². The number of carbonyl (C=O) groups excluding carboxylic acids is 1. The van der Waals surface area contributed by atoms with Crippen molar-refractivity contribution in [3.8, 4) is 0 Å². The van der Waals surface area contributed by atoms with Gasteiger partial charge in [0, 0.05) is 6.20 Å². The molecule has 0 aliphatic rings. The van der Waals surface area contributed by atoms with Gasteiger partial charge in [-0.15, -0.1) is 0 Å². The normalized spacial score (nSPS) is 9.27. The Balaban J connectivity index is 2.91. The summed E-state index contributed by atoms with van der Waals surface area (Å²) in [5, 5.41) is 17.1. The second-order valence-corrected chi connectivity index (χ2v) is 1.86. The molecule has 0 amide bonds. The summed E-state index contributed by atoms with van der Waals surface area (Å²) in [4.78, 5) is 17.2. The molecule has 2 N–H and O–H groups in total. The highest BCUT2D eigenvalue weighted by atomic mass is 16.4. The Bertz CT molecular complexity index is 248. The molecule has 0 radical (unpaired) electrons. The quantitative estimate of drug-likeness (QED) is 0.377.